The van der Waals surface area contributed by atoms with Gasteiger partial charge in [0.05, 0.1) is 16.3 Å². The normalized spacial score (nSPS) is 11.9. The Labute approximate surface area is 160 Å². The Hall–Kier alpha value is -2.44. The first-order valence-electron chi connectivity index (χ1n) is 9.03. The van der Waals surface area contributed by atoms with Gasteiger partial charge in [-0.1, -0.05) is 43.7 Å². The number of sulfonamides is 1. The van der Waals surface area contributed by atoms with Crippen molar-refractivity contribution in [2.24, 2.45) is 11.1 Å². The lowest BCUT2D eigenvalue weighted by Crippen LogP contribution is -2.12. The fourth-order valence-corrected chi connectivity index (χ4v) is 3.42. The van der Waals surface area contributed by atoms with Gasteiger partial charge in [-0.25, -0.2) is 18.2 Å². The molecule has 0 saturated carbocycles. The van der Waals surface area contributed by atoms with Crippen LogP contribution in [0.1, 0.15) is 31.5 Å². The van der Waals surface area contributed by atoms with Crippen LogP contribution in [0, 0.1) is 12.8 Å². The molecule has 0 unspecified atom stereocenters. The second kappa shape index (κ2) is 7.66. The highest BCUT2D eigenvalue weighted by atomic mass is 32.2. The summed E-state index contributed by atoms with van der Waals surface area (Å²) >= 11 is 0. The quantitative estimate of drug-likeness (QED) is 0.696. The zero-order chi connectivity index (χ0) is 19.6. The van der Waals surface area contributed by atoms with E-state index in [1.54, 1.807) is 12.1 Å². The van der Waals surface area contributed by atoms with Gasteiger partial charge in [0.2, 0.25) is 10.0 Å². The Morgan fingerprint density at radius 1 is 1.04 bits per heavy atom. The summed E-state index contributed by atoms with van der Waals surface area (Å²) in [7, 11) is -3.70. The van der Waals surface area contributed by atoms with E-state index in [1.807, 2.05) is 4.68 Å². The molecule has 5 nitrogen and oxygen atoms in total. The largest absolute Gasteiger partial charge is 0.238 e. The zero-order valence-electron chi connectivity index (χ0n) is 15.9. The molecule has 3 rings (SSSR count). The van der Waals surface area contributed by atoms with E-state index in [9.17, 15) is 8.42 Å². The molecule has 0 saturated heterocycles. The van der Waals surface area contributed by atoms with Crippen molar-refractivity contribution >= 4 is 10.0 Å². The van der Waals surface area contributed by atoms with Gasteiger partial charge in [0, 0.05) is 11.3 Å². The lowest BCUT2D eigenvalue weighted by atomic mass is 10.0. The monoisotopic (exact) mass is 383 g/mol. The number of aromatic nitrogens is 2. The van der Waals surface area contributed by atoms with Crippen molar-refractivity contribution in [1.29, 1.82) is 0 Å². The third kappa shape index (κ3) is 4.64. The van der Waals surface area contributed by atoms with Gasteiger partial charge < -0.3 is 0 Å². The van der Waals surface area contributed by atoms with Crippen LogP contribution in [-0.2, 0) is 16.4 Å². The van der Waals surface area contributed by atoms with E-state index in [4.69, 9.17) is 10.2 Å². The standard InChI is InChI=1S/C21H25N3O2S/c1-15(2)4-9-19-14-21(17-7-5-16(3)6-8-17)23-24(19)18-10-12-20(13-11-18)27(22,25)26/h5-8,10-15H,4,9H2,1-3H3,(H2,22,25,26). The predicted octanol–water partition coefficient (Wildman–Crippen LogP) is 4.08. The van der Waals surface area contributed by atoms with Crippen molar-refractivity contribution in [3.8, 4) is 16.9 Å². The summed E-state index contributed by atoms with van der Waals surface area (Å²) in [6.07, 6.45) is 1.95. The van der Waals surface area contributed by atoms with Gasteiger partial charge in [0.25, 0.3) is 0 Å². The van der Waals surface area contributed by atoms with E-state index >= 15 is 0 Å². The summed E-state index contributed by atoms with van der Waals surface area (Å²) in [4.78, 5) is 0.0981. The van der Waals surface area contributed by atoms with Crippen molar-refractivity contribution in [2.45, 2.75) is 38.5 Å². The lowest BCUT2D eigenvalue weighted by Gasteiger charge is -2.09. The molecule has 0 spiro atoms. The molecule has 0 amide bonds. The second-order valence-electron chi connectivity index (χ2n) is 7.27. The Morgan fingerprint density at radius 2 is 1.67 bits per heavy atom. The SMILES string of the molecule is Cc1ccc(-c2cc(CCC(C)C)n(-c3ccc(S(N)(=O)=O)cc3)n2)cc1. The number of rotatable bonds is 6. The third-order valence-corrected chi connectivity index (χ3v) is 5.45. The Balaban J connectivity index is 2.02. The molecule has 0 atom stereocenters. The van der Waals surface area contributed by atoms with E-state index in [2.05, 4.69) is 51.1 Å². The van der Waals surface area contributed by atoms with Crippen LogP contribution >= 0.6 is 0 Å². The number of aryl methyl sites for hydroxylation is 2. The molecule has 27 heavy (non-hydrogen) atoms. The predicted molar refractivity (Wildman–Crippen MR) is 108 cm³/mol. The van der Waals surface area contributed by atoms with E-state index in [0.717, 1.165) is 35.5 Å². The molecule has 2 N–H and O–H groups in total. The first kappa shape index (κ1) is 19.3. The van der Waals surface area contributed by atoms with E-state index in [-0.39, 0.29) is 4.90 Å². The summed E-state index contributed by atoms with van der Waals surface area (Å²) in [5.41, 5.74) is 5.09. The van der Waals surface area contributed by atoms with Crippen LogP contribution in [0.25, 0.3) is 16.9 Å². The maximum absolute atomic E-state index is 11.5. The van der Waals surface area contributed by atoms with Gasteiger partial charge in [0.1, 0.15) is 0 Å². The second-order valence-corrected chi connectivity index (χ2v) is 8.83. The molecule has 0 aliphatic carbocycles. The molecule has 6 heteroatoms. The molecule has 1 aromatic heterocycles. The van der Waals surface area contributed by atoms with Gasteiger partial charge in [-0.05, 0) is 56.0 Å². The van der Waals surface area contributed by atoms with Crippen LogP contribution in [0.4, 0.5) is 0 Å². The average Bonchev–Trinajstić information content (AvgIpc) is 3.04. The average molecular weight is 384 g/mol. The Morgan fingerprint density at radius 3 is 2.22 bits per heavy atom. The number of hydrogen-bond donors (Lipinski definition) is 1. The molecule has 1 heterocycles. The summed E-state index contributed by atoms with van der Waals surface area (Å²) in [5, 5.41) is 9.98. The lowest BCUT2D eigenvalue weighted by molar-refractivity contribution is 0.573. The van der Waals surface area contributed by atoms with Gasteiger partial charge >= 0.3 is 0 Å². The van der Waals surface area contributed by atoms with Crippen molar-refractivity contribution in [2.75, 3.05) is 0 Å². The van der Waals surface area contributed by atoms with Crippen molar-refractivity contribution in [3.63, 3.8) is 0 Å². The van der Waals surface area contributed by atoms with Crippen LogP contribution in [0.15, 0.2) is 59.5 Å². The Kier molecular flexibility index (Phi) is 5.48. The van der Waals surface area contributed by atoms with Crippen LogP contribution in [0.2, 0.25) is 0 Å². The number of hydrogen-bond acceptors (Lipinski definition) is 3. The van der Waals surface area contributed by atoms with E-state index in [1.165, 1.54) is 17.7 Å². The highest BCUT2D eigenvalue weighted by Gasteiger charge is 2.13. The van der Waals surface area contributed by atoms with Crippen molar-refractivity contribution in [3.05, 3.63) is 65.9 Å². The minimum atomic E-state index is -3.70. The Bertz CT molecular complexity index is 1020. The smallest absolute Gasteiger partial charge is 0.237 e. The highest BCUT2D eigenvalue weighted by Crippen LogP contribution is 2.24. The summed E-state index contributed by atoms with van der Waals surface area (Å²) < 4.78 is 24.9. The van der Waals surface area contributed by atoms with Crippen molar-refractivity contribution in [1.82, 2.24) is 9.78 Å². The zero-order valence-corrected chi connectivity index (χ0v) is 16.7. The van der Waals surface area contributed by atoms with E-state index < -0.39 is 10.0 Å². The minimum Gasteiger partial charge on any atom is -0.237 e. The first-order chi connectivity index (χ1) is 12.7. The first-order valence-corrected chi connectivity index (χ1v) is 10.6. The minimum absolute atomic E-state index is 0.0981. The summed E-state index contributed by atoms with van der Waals surface area (Å²) in [6, 6.07) is 16.9. The molecule has 0 fully saturated rings. The molecule has 142 valence electrons. The van der Waals surface area contributed by atoms with Crippen LogP contribution < -0.4 is 5.14 Å². The number of benzene rings is 2. The molecule has 0 aliphatic heterocycles. The van der Waals surface area contributed by atoms with Gasteiger partial charge in [-0.15, -0.1) is 0 Å². The molecular formula is C21H25N3O2S. The van der Waals surface area contributed by atoms with Gasteiger partial charge in [-0.2, -0.15) is 5.10 Å². The summed E-state index contributed by atoms with van der Waals surface area (Å²) in [6.45, 7) is 6.45. The third-order valence-electron chi connectivity index (χ3n) is 4.52. The highest BCUT2D eigenvalue weighted by molar-refractivity contribution is 7.89. The summed E-state index contributed by atoms with van der Waals surface area (Å²) in [5.74, 6) is 0.584. The van der Waals surface area contributed by atoms with Crippen molar-refractivity contribution < 1.29 is 8.42 Å². The topological polar surface area (TPSA) is 78.0 Å². The molecule has 3 aromatic rings. The fourth-order valence-electron chi connectivity index (χ4n) is 2.90. The number of nitrogens with two attached hydrogens (primary N) is 1. The fraction of sp³-hybridized carbons (Fsp3) is 0.286. The van der Waals surface area contributed by atoms with Gasteiger partial charge in [-0.3, -0.25) is 0 Å². The molecular weight excluding hydrogens is 358 g/mol. The van der Waals surface area contributed by atoms with Gasteiger partial charge in [0.15, 0.2) is 0 Å². The number of nitrogens with zero attached hydrogens (tertiary/aromatic N) is 2. The van der Waals surface area contributed by atoms with E-state index in [0.29, 0.717) is 5.92 Å². The molecule has 2 aromatic carbocycles. The van der Waals surface area contributed by atoms with Crippen LogP contribution in [0.5, 0.6) is 0 Å². The number of primary sulfonamides is 1. The maximum Gasteiger partial charge on any atom is 0.238 e. The molecule has 0 aliphatic rings. The molecule has 0 bridgehead atoms. The maximum atomic E-state index is 11.5. The van der Waals surface area contributed by atoms with Crippen LogP contribution in [0.3, 0.4) is 0 Å². The van der Waals surface area contributed by atoms with Crippen LogP contribution in [-0.4, -0.2) is 18.2 Å². The molecule has 0 radical (unpaired) electrons.